The van der Waals surface area contributed by atoms with Crippen LogP contribution in [0.3, 0.4) is 0 Å². The van der Waals surface area contributed by atoms with Crippen LogP contribution in [0.15, 0.2) is 53.5 Å². The predicted molar refractivity (Wildman–Crippen MR) is 160 cm³/mol. The lowest BCUT2D eigenvalue weighted by Gasteiger charge is -2.26. The maximum atomic E-state index is 13.6. The van der Waals surface area contributed by atoms with E-state index in [2.05, 4.69) is 20.9 Å². The number of hydrogen-bond acceptors (Lipinski definition) is 8. The van der Waals surface area contributed by atoms with Gasteiger partial charge in [-0.1, -0.05) is 38.1 Å². The van der Waals surface area contributed by atoms with Gasteiger partial charge in [0, 0.05) is 13.0 Å². The zero-order chi connectivity index (χ0) is 32.1. The highest BCUT2D eigenvalue weighted by molar-refractivity contribution is 5.94. The van der Waals surface area contributed by atoms with Crippen molar-refractivity contribution >= 4 is 29.7 Å². The first kappa shape index (κ1) is 34.4. The Labute approximate surface area is 249 Å². The van der Waals surface area contributed by atoms with Crippen molar-refractivity contribution in [1.29, 1.82) is 0 Å². The number of carbonyl (C=O) groups excluding carboxylic acids is 3. The zero-order valence-corrected chi connectivity index (χ0v) is 24.2. The van der Waals surface area contributed by atoms with E-state index in [-0.39, 0.29) is 49.7 Å². The van der Waals surface area contributed by atoms with Gasteiger partial charge in [0.2, 0.25) is 17.7 Å². The number of aliphatic imine (C=N–C) groups is 1. The summed E-state index contributed by atoms with van der Waals surface area (Å²) in [5.74, 6) is -3.80. The molecule has 0 fully saturated rings. The summed E-state index contributed by atoms with van der Waals surface area (Å²) in [5, 5.41) is 36.4. The van der Waals surface area contributed by atoms with Crippen molar-refractivity contribution in [2.75, 3.05) is 6.54 Å². The number of carboxylic acid groups (broad SMARTS) is 1. The van der Waals surface area contributed by atoms with Gasteiger partial charge in [-0.15, -0.1) is 0 Å². The van der Waals surface area contributed by atoms with E-state index in [1.807, 2.05) is 0 Å². The fourth-order valence-electron chi connectivity index (χ4n) is 4.15. The van der Waals surface area contributed by atoms with E-state index in [9.17, 15) is 34.5 Å². The number of hydrogen-bond donors (Lipinski definition) is 9. The lowest BCUT2D eigenvalue weighted by Crippen LogP contribution is -2.58. The quantitative estimate of drug-likeness (QED) is 0.0676. The number of nitrogens with one attached hydrogen (secondary N) is 3. The van der Waals surface area contributed by atoms with Crippen molar-refractivity contribution in [3.05, 3.63) is 59.7 Å². The average Bonchev–Trinajstić information content (AvgIpc) is 2.94. The molecule has 0 aliphatic rings. The van der Waals surface area contributed by atoms with Crippen molar-refractivity contribution in [2.24, 2.45) is 28.1 Å². The number of benzene rings is 2. The molecular formula is C29H41N7O7. The lowest BCUT2D eigenvalue weighted by molar-refractivity contribution is -0.143. The summed E-state index contributed by atoms with van der Waals surface area (Å²) in [4.78, 5) is 55.4. The summed E-state index contributed by atoms with van der Waals surface area (Å²) in [6.07, 6.45) is 0.471. The molecule has 4 atom stereocenters. The molecule has 14 heteroatoms. The van der Waals surface area contributed by atoms with Crippen LogP contribution in [0.25, 0.3) is 0 Å². The largest absolute Gasteiger partial charge is 0.508 e. The van der Waals surface area contributed by atoms with Crippen molar-refractivity contribution in [3.63, 3.8) is 0 Å². The van der Waals surface area contributed by atoms with Gasteiger partial charge < -0.3 is 48.5 Å². The Morgan fingerprint density at radius 1 is 0.767 bits per heavy atom. The zero-order valence-electron chi connectivity index (χ0n) is 24.2. The summed E-state index contributed by atoms with van der Waals surface area (Å²) in [5.41, 5.74) is 18.1. The Morgan fingerprint density at radius 2 is 1.26 bits per heavy atom. The molecule has 2 aromatic rings. The molecule has 0 saturated heterocycles. The molecule has 0 aromatic heterocycles. The first-order valence-electron chi connectivity index (χ1n) is 13.8. The van der Waals surface area contributed by atoms with Crippen molar-refractivity contribution in [3.8, 4) is 11.5 Å². The Bertz CT molecular complexity index is 1260. The monoisotopic (exact) mass is 599 g/mol. The van der Waals surface area contributed by atoms with Crippen LogP contribution in [0.1, 0.15) is 37.8 Å². The third-order valence-corrected chi connectivity index (χ3v) is 6.55. The van der Waals surface area contributed by atoms with Gasteiger partial charge in [-0.3, -0.25) is 19.4 Å². The number of phenols is 2. The smallest absolute Gasteiger partial charge is 0.326 e. The number of rotatable bonds is 16. The van der Waals surface area contributed by atoms with E-state index >= 15 is 0 Å². The molecule has 4 unspecified atom stereocenters. The maximum Gasteiger partial charge on any atom is 0.326 e. The first-order valence-corrected chi connectivity index (χ1v) is 13.8. The van der Waals surface area contributed by atoms with Crippen LogP contribution in [0, 0.1) is 5.92 Å². The third-order valence-electron chi connectivity index (χ3n) is 6.55. The van der Waals surface area contributed by atoms with Crippen LogP contribution >= 0.6 is 0 Å². The molecule has 0 radical (unpaired) electrons. The van der Waals surface area contributed by atoms with Crippen LogP contribution in [0.4, 0.5) is 0 Å². The molecule has 0 heterocycles. The highest BCUT2D eigenvalue weighted by Gasteiger charge is 2.31. The minimum absolute atomic E-state index is 0.00410. The molecule has 0 saturated carbocycles. The maximum absolute atomic E-state index is 13.6. The Kier molecular flexibility index (Phi) is 13.2. The second-order valence-corrected chi connectivity index (χ2v) is 10.5. The summed E-state index contributed by atoms with van der Waals surface area (Å²) >= 11 is 0. The minimum Gasteiger partial charge on any atom is -0.508 e. The van der Waals surface area contributed by atoms with Crippen molar-refractivity contribution < 1.29 is 34.5 Å². The SMILES string of the molecule is CC(C)C(NC(=O)C(CCCN=C(N)N)NC(=O)C(Cc1ccc(O)cc1)NC(=O)C(N)Cc1ccc(O)cc1)C(=O)O. The normalized spacial score (nSPS) is 13.7. The van der Waals surface area contributed by atoms with Crippen LogP contribution < -0.4 is 33.2 Å². The first-order chi connectivity index (χ1) is 20.3. The number of carbonyl (C=O) groups is 4. The van der Waals surface area contributed by atoms with Crippen LogP contribution in [0.5, 0.6) is 11.5 Å². The van der Waals surface area contributed by atoms with Gasteiger partial charge in [-0.2, -0.15) is 0 Å². The average molecular weight is 600 g/mol. The van der Waals surface area contributed by atoms with Gasteiger partial charge in [0.15, 0.2) is 5.96 Å². The van der Waals surface area contributed by atoms with Crippen LogP contribution in [0.2, 0.25) is 0 Å². The highest BCUT2D eigenvalue weighted by Crippen LogP contribution is 2.14. The molecule has 14 nitrogen and oxygen atoms in total. The van der Waals surface area contributed by atoms with Crippen LogP contribution in [-0.4, -0.2) is 75.7 Å². The van der Waals surface area contributed by atoms with E-state index in [1.54, 1.807) is 38.1 Å². The molecule has 0 spiro atoms. The molecule has 0 aliphatic heterocycles. The number of aliphatic carboxylic acids is 1. The van der Waals surface area contributed by atoms with Crippen molar-refractivity contribution in [2.45, 2.75) is 63.7 Å². The number of nitrogens with two attached hydrogens (primary N) is 3. The van der Waals surface area contributed by atoms with Gasteiger partial charge in [0.1, 0.15) is 29.6 Å². The second-order valence-electron chi connectivity index (χ2n) is 10.5. The van der Waals surface area contributed by atoms with Gasteiger partial charge in [-0.25, -0.2) is 4.79 Å². The molecule has 0 bridgehead atoms. The molecule has 0 aliphatic carbocycles. The predicted octanol–water partition coefficient (Wildman–Crippen LogP) is -0.541. The molecule has 3 amide bonds. The van der Waals surface area contributed by atoms with Gasteiger partial charge in [0.05, 0.1) is 6.04 Å². The fraction of sp³-hybridized carbons (Fsp3) is 0.414. The number of phenolic OH excluding ortho intramolecular Hbond substituents is 2. The van der Waals surface area contributed by atoms with E-state index in [1.165, 1.54) is 24.3 Å². The number of amides is 3. The summed E-state index contributed by atoms with van der Waals surface area (Å²) in [6, 6.07) is 7.60. The lowest BCUT2D eigenvalue weighted by atomic mass is 10.0. The third kappa shape index (κ3) is 11.9. The van der Waals surface area contributed by atoms with Crippen LogP contribution in [-0.2, 0) is 32.0 Å². The molecule has 2 rings (SSSR count). The Morgan fingerprint density at radius 3 is 1.74 bits per heavy atom. The number of nitrogens with zero attached hydrogens (tertiary/aromatic N) is 1. The standard InChI is InChI=1S/C29H41N7O7/c1-16(2)24(28(42)43)36-26(40)22(4-3-13-33-29(31)32)34-27(41)23(15-18-7-11-20(38)12-8-18)35-25(39)21(30)14-17-5-9-19(37)10-6-17/h5-12,16,21-24,37-38H,3-4,13-15,30H2,1-2H3,(H,34,41)(H,35,39)(H,36,40)(H,42,43)(H4,31,32,33). The fourth-order valence-corrected chi connectivity index (χ4v) is 4.15. The van der Waals surface area contributed by atoms with E-state index in [0.29, 0.717) is 11.1 Å². The minimum atomic E-state index is -1.23. The second kappa shape index (κ2) is 16.6. The van der Waals surface area contributed by atoms with Gasteiger partial charge >= 0.3 is 5.97 Å². The summed E-state index contributed by atoms with van der Waals surface area (Å²) in [6.45, 7) is 3.43. The molecular weight excluding hydrogens is 558 g/mol. The Hall–Kier alpha value is -4.85. The topological polar surface area (TPSA) is 255 Å². The van der Waals surface area contributed by atoms with Gasteiger partial charge in [0.25, 0.3) is 0 Å². The number of guanidine groups is 1. The number of carboxylic acids is 1. The van der Waals surface area contributed by atoms with E-state index in [0.717, 1.165) is 0 Å². The molecule has 12 N–H and O–H groups in total. The molecule has 234 valence electrons. The molecule has 2 aromatic carbocycles. The highest BCUT2D eigenvalue weighted by atomic mass is 16.4. The summed E-state index contributed by atoms with van der Waals surface area (Å²) < 4.78 is 0. The molecule has 43 heavy (non-hydrogen) atoms. The summed E-state index contributed by atoms with van der Waals surface area (Å²) in [7, 11) is 0. The van der Waals surface area contributed by atoms with Gasteiger partial charge in [-0.05, 0) is 60.6 Å². The Balaban J connectivity index is 2.27. The van der Waals surface area contributed by atoms with E-state index in [4.69, 9.17) is 17.2 Å². The van der Waals surface area contributed by atoms with Crippen molar-refractivity contribution in [1.82, 2.24) is 16.0 Å². The number of aromatic hydroxyl groups is 2. The van der Waals surface area contributed by atoms with E-state index < -0.39 is 53.8 Å².